The normalized spacial score (nSPS) is 18.3. The van der Waals surface area contributed by atoms with Gasteiger partial charge in [0.15, 0.2) is 11.5 Å². The first-order chi connectivity index (χ1) is 14.2. The first kappa shape index (κ1) is 19.4. The first-order valence-corrected chi connectivity index (χ1v) is 9.89. The van der Waals surface area contributed by atoms with E-state index in [-0.39, 0.29) is 12.0 Å². The Morgan fingerprint density at radius 3 is 2.79 bits per heavy atom. The molecule has 0 radical (unpaired) electrons. The Labute approximate surface area is 170 Å². The summed E-state index contributed by atoms with van der Waals surface area (Å²) >= 11 is 0. The number of rotatable bonds is 6. The van der Waals surface area contributed by atoms with Crippen molar-refractivity contribution < 1.29 is 19.0 Å². The SMILES string of the molecule is COc1cc2c(cc1OC)CN(C(=O)c1ccnc(NCC3CCCO3)n1)CC2. The Balaban J connectivity index is 1.45. The predicted octanol–water partition coefficient (Wildman–Crippen LogP) is 2.28. The van der Waals surface area contributed by atoms with E-state index in [4.69, 9.17) is 14.2 Å². The second kappa shape index (κ2) is 8.65. The van der Waals surface area contributed by atoms with E-state index in [9.17, 15) is 4.79 Å². The van der Waals surface area contributed by atoms with E-state index >= 15 is 0 Å². The number of hydrogen-bond acceptors (Lipinski definition) is 7. The fraction of sp³-hybridized carbons (Fsp3) is 0.476. The fourth-order valence-corrected chi connectivity index (χ4v) is 3.79. The van der Waals surface area contributed by atoms with Gasteiger partial charge in [0.2, 0.25) is 5.95 Å². The van der Waals surface area contributed by atoms with Crippen LogP contribution in [0.1, 0.15) is 34.5 Å². The summed E-state index contributed by atoms with van der Waals surface area (Å²) in [6, 6.07) is 5.60. The Kier molecular flexibility index (Phi) is 5.80. The van der Waals surface area contributed by atoms with Gasteiger partial charge in [0.25, 0.3) is 5.91 Å². The van der Waals surface area contributed by atoms with Gasteiger partial charge in [-0.1, -0.05) is 0 Å². The van der Waals surface area contributed by atoms with Gasteiger partial charge in [-0.3, -0.25) is 4.79 Å². The molecular formula is C21H26N4O4. The van der Waals surface area contributed by atoms with E-state index in [0.29, 0.717) is 42.8 Å². The number of nitrogens with zero attached hydrogens (tertiary/aromatic N) is 3. The molecule has 8 nitrogen and oxygen atoms in total. The lowest BCUT2D eigenvalue weighted by molar-refractivity contribution is 0.0728. The first-order valence-electron chi connectivity index (χ1n) is 9.89. The van der Waals surface area contributed by atoms with Crippen molar-refractivity contribution in [2.75, 3.05) is 39.2 Å². The van der Waals surface area contributed by atoms with Gasteiger partial charge in [0.05, 0.1) is 20.3 Å². The van der Waals surface area contributed by atoms with Crippen molar-refractivity contribution in [3.8, 4) is 11.5 Å². The average Bonchev–Trinajstić information content (AvgIpc) is 3.29. The van der Waals surface area contributed by atoms with Gasteiger partial charge < -0.3 is 24.4 Å². The lowest BCUT2D eigenvalue weighted by atomic mass is 9.98. The quantitative estimate of drug-likeness (QED) is 0.799. The van der Waals surface area contributed by atoms with Crippen molar-refractivity contribution in [3.05, 3.63) is 41.2 Å². The molecule has 1 atom stereocenters. The molecule has 2 aliphatic heterocycles. The summed E-state index contributed by atoms with van der Waals surface area (Å²) in [6.07, 6.45) is 4.68. The molecule has 3 heterocycles. The van der Waals surface area contributed by atoms with Crippen molar-refractivity contribution in [1.29, 1.82) is 0 Å². The molecule has 1 N–H and O–H groups in total. The van der Waals surface area contributed by atoms with Gasteiger partial charge in [-0.2, -0.15) is 0 Å². The molecule has 2 aromatic rings. The number of hydrogen-bond donors (Lipinski definition) is 1. The minimum Gasteiger partial charge on any atom is -0.493 e. The van der Waals surface area contributed by atoms with Gasteiger partial charge in [-0.15, -0.1) is 0 Å². The molecule has 1 unspecified atom stereocenters. The summed E-state index contributed by atoms with van der Waals surface area (Å²) in [5.74, 6) is 1.73. The van der Waals surface area contributed by atoms with Gasteiger partial charge in [-0.25, -0.2) is 9.97 Å². The largest absolute Gasteiger partial charge is 0.493 e. The molecule has 1 amide bonds. The molecule has 1 aromatic heterocycles. The number of methoxy groups -OCH3 is 2. The highest BCUT2D eigenvalue weighted by Crippen LogP contribution is 2.33. The van der Waals surface area contributed by atoms with Crippen LogP contribution in [0.2, 0.25) is 0 Å². The Bertz CT molecular complexity index is 883. The zero-order valence-electron chi connectivity index (χ0n) is 16.8. The summed E-state index contributed by atoms with van der Waals surface area (Å²) in [5.41, 5.74) is 2.63. The topological polar surface area (TPSA) is 85.8 Å². The van der Waals surface area contributed by atoms with Crippen LogP contribution >= 0.6 is 0 Å². The molecule has 2 aliphatic rings. The fourth-order valence-electron chi connectivity index (χ4n) is 3.79. The van der Waals surface area contributed by atoms with Crippen molar-refractivity contribution in [3.63, 3.8) is 0 Å². The third-order valence-electron chi connectivity index (χ3n) is 5.39. The Morgan fingerprint density at radius 2 is 2.07 bits per heavy atom. The Morgan fingerprint density at radius 1 is 1.28 bits per heavy atom. The number of carbonyl (C=O) groups is 1. The van der Waals surface area contributed by atoms with Crippen LogP contribution in [0.5, 0.6) is 11.5 Å². The molecule has 0 saturated carbocycles. The highest BCUT2D eigenvalue weighted by atomic mass is 16.5. The van der Waals surface area contributed by atoms with Gasteiger partial charge in [0, 0.05) is 32.4 Å². The lowest BCUT2D eigenvalue weighted by Gasteiger charge is -2.29. The third-order valence-corrected chi connectivity index (χ3v) is 5.39. The monoisotopic (exact) mass is 398 g/mol. The Hall–Kier alpha value is -2.87. The van der Waals surface area contributed by atoms with Crippen LogP contribution in [0.25, 0.3) is 0 Å². The van der Waals surface area contributed by atoms with Crippen LogP contribution in [0, 0.1) is 0 Å². The molecule has 1 fully saturated rings. The maximum atomic E-state index is 13.0. The highest BCUT2D eigenvalue weighted by Gasteiger charge is 2.25. The number of anilines is 1. The molecule has 0 spiro atoms. The number of amides is 1. The number of carbonyl (C=O) groups excluding carboxylic acids is 1. The van der Waals surface area contributed by atoms with Crippen LogP contribution in [0.3, 0.4) is 0 Å². The smallest absolute Gasteiger partial charge is 0.272 e. The summed E-state index contributed by atoms with van der Waals surface area (Å²) in [5, 5.41) is 3.18. The number of aromatic nitrogens is 2. The van der Waals surface area contributed by atoms with Crippen LogP contribution < -0.4 is 14.8 Å². The van der Waals surface area contributed by atoms with Crippen LogP contribution in [-0.4, -0.2) is 60.8 Å². The van der Waals surface area contributed by atoms with E-state index in [1.165, 1.54) is 5.56 Å². The molecular weight excluding hydrogens is 372 g/mol. The summed E-state index contributed by atoms with van der Waals surface area (Å²) in [6.45, 7) is 2.59. The average molecular weight is 398 g/mol. The molecule has 29 heavy (non-hydrogen) atoms. The zero-order chi connectivity index (χ0) is 20.2. The number of nitrogens with one attached hydrogen (secondary N) is 1. The van der Waals surface area contributed by atoms with Crippen molar-refractivity contribution in [1.82, 2.24) is 14.9 Å². The minimum atomic E-state index is -0.104. The van der Waals surface area contributed by atoms with Crippen molar-refractivity contribution >= 4 is 11.9 Å². The summed E-state index contributed by atoms with van der Waals surface area (Å²) < 4.78 is 16.4. The van der Waals surface area contributed by atoms with E-state index in [1.54, 1.807) is 31.4 Å². The zero-order valence-corrected chi connectivity index (χ0v) is 16.8. The molecule has 8 heteroatoms. The molecule has 1 saturated heterocycles. The summed E-state index contributed by atoms with van der Waals surface area (Å²) in [4.78, 5) is 23.5. The van der Waals surface area contributed by atoms with Gasteiger partial charge in [-0.05, 0) is 48.6 Å². The molecule has 4 rings (SSSR count). The molecule has 1 aromatic carbocycles. The van der Waals surface area contributed by atoms with E-state index in [2.05, 4.69) is 15.3 Å². The van der Waals surface area contributed by atoms with Crippen LogP contribution in [0.15, 0.2) is 24.4 Å². The maximum Gasteiger partial charge on any atom is 0.272 e. The predicted molar refractivity (Wildman–Crippen MR) is 107 cm³/mol. The molecule has 154 valence electrons. The van der Waals surface area contributed by atoms with E-state index in [0.717, 1.165) is 31.4 Å². The van der Waals surface area contributed by atoms with E-state index in [1.807, 2.05) is 12.1 Å². The standard InChI is InChI=1S/C21H26N4O4/c1-27-18-10-14-6-8-25(13-15(14)11-19(18)28-2)20(26)17-5-7-22-21(24-17)23-12-16-4-3-9-29-16/h5,7,10-11,16H,3-4,6,8-9,12-13H2,1-2H3,(H,22,23,24). The maximum absolute atomic E-state index is 13.0. The van der Waals surface area contributed by atoms with Gasteiger partial charge in [0.1, 0.15) is 5.69 Å². The third kappa shape index (κ3) is 4.27. The summed E-state index contributed by atoms with van der Waals surface area (Å²) in [7, 11) is 3.24. The second-order valence-corrected chi connectivity index (χ2v) is 7.23. The number of benzene rings is 1. The minimum absolute atomic E-state index is 0.104. The lowest BCUT2D eigenvalue weighted by Crippen LogP contribution is -2.36. The van der Waals surface area contributed by atoms with Crippen LogP contribution in [-0.2, 0) is 17.7 Å². The highest BCUT2D eigenvalue weighted by molar-refractivity contribution is 5.92. The second-order valence-electron chi connectivity index (χ2n) is 7.23. The number of ether oxygens (including phenoxy) is 3. The van der Waals surface area contributed by atoms with Crippen molar-refractivity contribution in [2.45, 2.75) is 31.9 Å². The molecule has 0 bridgehead atoms. The van der Waals surface area contributed by atoms with E-state index < -0.39 is 0 Å². The van der Waals surface area contributed by atoms with Crippen LogP contribution in [0.4, 0.5) is 5.95 Å². The molecule has 0 aliphatic carbocycles. The van der Waals surface area contributed by atoms with Crippen molar-refractivity contribution in [2.24, 2.45) is 0 Å². The van der Waals surface area contributed by atoms with Gasteiger partial charge >= 0.3 is 0 Å². The number of fused-ring (bicyclic) bond motifs is 1.